The molecule has 0 aromatic heterocycles. The van der Waals surface area contributed by atoms with Crippen molar-refractivity contribution in [3.05, 3.63) is 178 Å². The Labute approximate surface area is 308 Å². The van der Waals surface area contributed by atoms with E-state index in [0.29, 0.717) is 23.6 Å². The molecule has 9 rings (SSSR count). The maximum atomic E-state index is 14.7. The number of urea groups is 1. The molecule has 0 bridgehead atoms. The Hall–Kier alpha value is -6.47. The number of carbonyl (C=O) groups is 3. The summed E-state index contributed by atoms with van der Waals surface area (Å²) in [7, 11) is 0. The molecule has 6 aromatic carbocycles. The summed E-state index contributed by atoms with van der Waals surface area (Å²) in [5.74, 6) is -0.735. The first kappa shape index (κ1) is 32.4. The second kappa shape index (κ2) is 13.6. The van der Waals surface area contributed by atoms with Gasteiger partial charge in [-0.25, -0.2) is 9.69 Å². The molecule has 7 heteroatoms. The summed E-state index contributed by atoms with van der Waals surface area (Å²) in [6.45, 7) is 2.15. The fourth-order valence-electron chi connectivity index (χ4n) is 8.29. The molecule has 4 amide bonds. The zero-order chi connectivity index (χ0) is 35.9. The monoisotopic (exact) mass is 695 g/mol. The summed E-state index contributed by atoms with van der Waals surface area (Å²) in [5.41, 5.74) is 7.63. The van der Waals surface area contributed by atoms with Crippen LogP contribution in [0.5, 0.6) is 5.75 Å². The van der Waals surface area contributed by atoms with Crippen LogP contribution in [0.15, 0.2) is 145 Å². The van der Waals surface area contributed by atoms with E-state index in [1.807, 2.05) is 91.0 Å². The first-order valence-electron chi connectivity index (χ1n) is 18.2. The summed E-state index contributed by atoms with van der Waals surface area (Å²) in [6.07, 6.45) is 3.39. The summed E-state index contributed by atoms with van der Waals surface area (Å²) >= 11 is 0. The number of rotatable bonds is 7. The average molecular weight is 696 g/mol. The molecular formula is C46H37N3O4. The molecule has 0 radical (unpaired) electrons. The van der Waals surface area contributed by atoms with E-state index in [9.17, 15) is 14.4 Å². The number of nitrogens with zero attached hydrogens (tertiary/aromatic N) is 2. The predicted octanol–water partition coefficient (Wildman–Crippen LogP) is 8.96. The van der Waals surface area contributed by atoms with Gasteiger partial charge in [-0.15, -0.1) is 0 Å². The lowest BCUT2D eigenvalue weighted by atomic mass is 9.76. The third kappa shape index (κ3) is 5.94. The number of imide groups is 2. The van der Waals surface area contributed by atoms with Crippen LogP contribution < -0.4 is 19.9 Å². The molecule has 1 saturated heterocycles. The lowest BCUT2D eigenvalue weighted by molar-refractivity contribution is -0.122. The van der Waals surface area contributed by atoms with Crippen molar-refractivity contribution in [2.75, 3.05) is 22.9 Å². The Morgan fingerprint density at radius 2 is 1.26 bits per heavy atom. The Morgan fingerprint density at radius 3 is 1.91 bits per heavy atom. The van der Waals surface area contributed by atoms with Crippen LogP contribution in [-0.2, 0) is 16.2 Å². The Kier molecular flexibility index (Phi) is 8.31. The third-order valence-electron chi connectivity index (χ3n) is 10.8. The van der Waals surface area contributed by atoms with Gasteiger partial charge >= 0.3 is 6.03 Å². The fraction of sp³-hybridized carbons (Fsp3) is 0.152. The van der Waals surface area contributed by atoms with E-state index >= 15 is 0 Å². The number of ether oxygens (including phenoxy) is 1. The molecule has 0 spiro atoms. The Morgan fingerprint density at radius 1 is 0.679 bits per heavy atom. The van der Waals surface area contributed by atoms with Crippen LogP contribution in [0.1, 0.15) is 58.1 Å². The summed E-state index contributed by atoms with van der Waals surface area (Å²) in [5, 5.41) is 4.24. The Balaban J connectivity index is 1.17. The van der Waals surface area contributed by atoms with Gasteiger partial charge in [-0.3, -0.25) is 14.9 Å². The number of barbiturate groups is 1. The smallest absolute Gasteiger partial charge is 0.335 e. The number of hydrogen-bond donors (Lipinski definition) is 1. The van der Waals surface area contributed by atoms with Crippen LogP contribution in [-0.4, -0.2) is 30.9 Å². The van der Waals surface area contributed by atoms with E-state index in [-0.39, 0.29) is 17.4 Å². The van der Waals surface area contributed by atoms with Crippen LogP contribution in [0.4, 0.5) is 16.2 Å². The van der Waals surface area contributed by atoms with Gasteiger partial charge in [-0.1, -0.05) is 121 Å². The van der Waals surface area contributed by atoms with Crippen LogP contribution in [0.2, 0.25) is 0 Å². The maximum absolute atomic E-state index is 14.7. The van der Waals surface area contributed by atoms with Crippen molar-refractivity contribution in [1.82, 2.24) is 5.32 Å². The minimum absolute atomic E-state index is 0.0790. The first-order valence-corrected chi connectivity index (χ1v) is 18.2. The van der Waals surface area contributed by atoms with Gasteiger partial charge in [-0.05, 0) is 75.7 Å². The molecule has 53 heavy (non-hydrogen) atoms. The number of anilines is 2. The number of hydrogen-bond acceptors (Lipinski definition) is 5. The van der Waals surface area contributed by atoms with Crippen molar-refractivity contribution in [1.29, 1.82) is 0 Å². The highest BCUT2D eigenvalue weighted by Crippen LogP contribution is 2.50. The van der Waals surface area contributed by atoms with Crippen LogP contribution in [0.3, 0.4) is 0 Å². The molecule has 2 atom stereocenters. The molecule has 3 aliphatic rings. The minimum Gasteiger partial charge on any atom is -0.488 e. The van der Waals surface area contributed by atoms with Crippen molar-refractivity contribution in [3.8, 4) is 5.75 Å². The number of fused-ring (bicyclic) bond motifs is 1. The van der Waals surface area contributed by atoms with Gasteiger partial charge in [0.15, 0.2) is 0 Å². The lowest BCUT2D eigenvalue weighted by Crippen LogP contribution is -2.54. The van der Waals surface area contributed by atoms with Gasteiger partial charge in [-0.2, -0.15) is 0 Å². The highest BCUT2D eigenvalue weighted by Gasteiger charge is 2.41. The lowest BCUT2D eigenvalue weighted by Gasteiger charge is -2.44. The largest absolute Gasteiger partial charge is 0.488 e. The Bertz CT molecular complexity index is 2340. The van der Waals surface area contributed by atoms with E-state index in [1.165, 1.54) is 16.8 Å². The van der Waals surface area contributed by atoms with Gasteiger partial charge < -0.3 is 9.64 Å². The zero-order valence-corrected chi connectivity index (χ0v) is 29.1. The molecule has 1 fully saturated rings. The SMILES string of the molecule is O=C1NC(=O)N(c2cc3c4c(c2)[C@H](c2ccccc2)CCN4CC[C@@H]3c2ccccc2)C(=O)/C1=C/c1c(OCc2ccccc2)ccc2ccccc12. The number of benzene rings is 6. The van der Waals surface area contributed by atoms with E-state index in [4.69, 9.17) is 4.74 Å². The highest BCUT2D eigenvalue weighted by molar-refractivity contribution is 6.39. The summed E-state index contributed by atoms with van der Waals surface area (Å²) in [6, 6.07) is 45.5. The predicted molar refractivity (Wildman–Crippen MR) is 208 cm³/mol. The molecule has 7 nitrogen and oxygen atoms in total. The van der Waals surface area contributed by atoms with Crippen LogP contribution in [0.25, 0.3) is 16.8 Å². The number of carbonyl (C=O) groups excluding carboxylic acids is 3. The molecule has 0 aliphatic carbocycles. The van der Waals surface area contributed by atoms with Gasteiger partial charge in [0.1, 0.15) is 17.9 Å². The maximum Gasteiger partial charge on any atom is 0.335 e. The highest BCUT2D eigenvalue weighted by atomic mass is 16.5. The van der Waals surface area contributed by atoms with Crippen molar-refractivity contribution in [2.24, 2.45) is 0 Å². The average Bonchev–Trinajstić information content (AvgIpc) is 3.20. The second-order valence-corrected chi connectivity index (χ2v) is 13.9. The fourth-order valence-corrected chi connectivity index (χ4v) is 8.29. The number of amides is 4. The molecule has 3 aliphatic heterocycles. The van der Waals surface area contributed by atoms with E-state index < -0.39 is 17.8 Å². The molecule has 1 N–H and O–H groups in total. The van der Waals surface area contributed by atoms with E-state index in [0.717, 1.165) is 58.3 Å². The van der Waals surface area contributed by atoms with Crippen molar-refractivity contribution in [2.45, 2.75) is 31.3 Å². The van der Waals surface area contributed by atoms with E-state index in [1.54, 1.807) is 6.08 Å². The molecule has 0 unspecified atom stereocenters. The third-order valence-corrected chi connectivity index (χ3v) is 10.8. The van der Waals surface area contributed by atoms with Crippen molar-refractivity contribution < 1.29 is 19.1 Å². The van der Waals surface area contributed by atoms with Crippen LogP contribution in [0, 0.1) is 0 Å². The normalized spacial score (nSPS) is 18.9. The second-order valence-electron chi connectivity index (χ2n) is 13.9. The van der Waals surface area contributed by atoms with Crippen LogP contribution >= 0.6 is 0 Å². The van der Waals surface area contributed by atoms with Gasteiger partial charge in [0.2, 0.25) is 0 Å². The number of nitrogens with one attached hydrogen (secondary N) is 1. The molecular weight excluding hydrogens is 659 g/mol. The quantitative estimate of drug-likeness (QED) is 0.133. The molecule has 3 heterocycles. The topological polar surface area (TPSA) is 79.0 Å². The standard InChI is InChI=1S/C46H37N3O4/c50-44-41(28-38-35-19-11-10-18-33(35)20-21-42(38)53-29-30-12-4-1-5-13-30)45(51)49(46(52)47-44)34-26-39-36(31-14-6-2-7-15-31)22-24-48-25-23-37(40(27-34)43(39)48)32-16-8-3-9-17-32/h1-21,26-28,36-37H,22-25,29H2,(H,47,50,52)/b41-28+/t36-,37+. The zero-order valence-electron chi connectivity index (χ0n) is 29.1. The first-order chi connectivity index (χ1) is 26.0. The van der Waals surface area contributed by atoms with E-state index in [2.05, 4.69) is 58.7 Å². The minimum atomic E-state index is -0.765. The van der Waals surface area contributed by atoms with Crippen molar-refractivity contribution in [3.63, 3.8) is 0 Å². The van der Waals surface area contributed by atoms with Crippen molar-refractivity contribution >= 4 is 46.1 Å². The van der Waals surface area contributed by atoms with Gasteiger partial charge in [0.05, 0.1) is 5.69 Å². The summed E-state index contributed by atoms with van der Waals surface area (Å²) in [4.78, 5) is 45.7. The molecule has 6 aromatic rings. The summed E-state index contributed by atoms with van der Waals surface area (Å²) < 4.78 is 6.32. The van der Waals surface area contributed by atoms with Gasteiger partial charge in [0, 0.05) is 36.2 Å². The molecule has 0 saturated carbocycles. The van der Waals surface area contributed by atoms with Gasteiger partial charge in [0.25, 0.3) is 11.8 Å². The molecule has 260 valence electrons.